The van der Waals surface area contributed by atoms with Crippen molar-refractivity contribution in [2.45, 2.75) is 20.0 Å². The highest BCUT2D eigenvalue weighted by Gasteiger charge is 2.00. The van der Waals surface area contributed by atoms with Gasteiger partial charge in [-0.1, -0.05) is 30.0 Å². The van der Waals surface area contributed by atoms with Crippen LogP contribution < -0.4 is 0 Å². The Morgan fingerprint density at radius 1 is 1.44 bits per heavy atom. The molecule has 0 aromatic heterocycles. The van der Waals surface area contributed by atoms with Gasteiger partial charge in [-0.25, -0.2) is 0 Å². The molecule has 0 radical (unpaired) electrons. The van der Waals surface area contributed by atoms with Crippen LogP contribution in [0.2, 0.25) is 0 Å². The van der Waals surface area contributed by atoms with Crippen molar-refractivity contribution in [2.24, 2.45) is 0 Å². The molecule has 0 unspecified atom stereocenters. The van der Waals surface area contributed by atoms with Gasteiger partial charge < -0.3 is 4.74 Å². The van der Waals surface area contributed by atoms with Crippen LogP contribution in [0.5, 0.6) is 0 Å². The van der Waals surface area contributed by atoms with Crippen LogP contribution in [0.4, 0.5) is 0 Å². The van der Waals surface area contributed by atoms with E-state index in [2.05, 4.69) is 11.8 Å². The molecule has 0 spiro atoms. The third-order valence-corrected chi connectivity index (χ3v) is 1.84. The van der Waals surface area contributed by atoms with Gasteiger partial charge in [0.05, 0.1) is 0 Å². The molecule has 0 saturated heterocycles. The van der Waals surface area contributed by atoms with Crippen LogP contribution in [-0.4, -0.2) is 18.4 Å². The maximum atomic E-state index is 10.7. The predicted molar refractivity (Wildman–Crippen MR) is 59.9 cm³/mol. The van der Waals surface area contributed by atoms with Gasteiger partial charge in [-0.05, 0) is 13.0 Å². The second-order valence-corrected chi connectivity index (χ2v) is 3.23. The topological polar surface area (TPSA) is 43.4 Å². The van der Waals surface area contributed by atoms with E-state index in [1.54, 1.807) is 31.2 Å². The van der Waals surface area contributed by atoms with Crippen molar-refractivity contribution in [1.82, 2.24) is 0 Å². The zero-order valence-electron chi connectivity index (χ0n) is 9.19. The molecule has 1 atom stereocenters. The number of aldehydes is 1. The number of carbonyl (C=O) groups is 2. The molecule has 0 fully saturated rings. The average molecular weight is 216 g/mol. The highest BCUT2D eigenvalue weighted by atomic mass is 16.5. The third kappa shape index (κ3) is 3.58. The molecule has 0 N–H and O–H groups in total. The Morgan fingerprint density at radius 2 is 2.12 bits per heavy atom. The number of ether oxygens (including phenoxy) is 1. The Bertz CT molecular complexity index is 452. The van der Waals surface area contributed by atoms with E-state index >= 15 is 0 Å². The van der Waals surface area contributed by atoms with Crippen molar-refractivity contribution in [2.75, 3.05) is 0 Å². The molecule has 82 valence electrons. The molecule has 0 heterocycles. The average Bonchev–Trinajstić information content (AvgIpc) is 2.26. The minimum Gasteiger partial charge on any atom is -0.450 e. The molecule has 3 nitrogen and oxygen atoms in total. The van der Waals surface area contributed by atoms with E-state index in [-0.39, 0.29) is 5.97 Å². The molecule has 0 aliphatic rings. The monoisotopic (exact) mass is 216 g/mol. The lowest BCUT2D eigenvalue weighted by atomic mass is 10.1. The fourth-order valence-electron chi connectivity index (χ4n) is 1.17. The Morgan fingerprint density at radius 3 is 2.75 bits per heavy atom. The minimum absolute atomic E-state index is 0.370. The molecule has 0 saturated carbocycles. The Labute approximate surface area is 94.4 Å². The van der Waals surface area contributed by atoms with Gasteiger partial charge in [0.1, 0.15) is 0 Å². The molecule has 1 rings (SSSR count). The molecule has 0 amide bonds. The first-order valence-electron chi connectivity index (χ1n) is 4.86. The fourth-order valence-corrected chi connectivity index (χ4v) is 1.17. The smallest absolute Gasteiger partial charge is 0.303 e. The summed E-state index contributed by atoms with van der Waals surface area (Å²) < 4.78 is 4.84. The Kier molecular flexibility index (Phi) is 4.28. The lowest BCUT2D eigenvalue weighted by Gasteiger charge is -2.03. The van der Waals surface area contributed by atoms with Crippen LogP contribution in [0, 0.1) is 11.8 Å². The SMILES string of the molecule is CC(=O)O[C@@H](C)C#Cc1ccccc1C=O. The molecule has 0 aliphatic heterocycles. The summed E-state index contributed by atoms with van der Waals surface area (Å²) in [5.74, 6) is 5.19. The number of carbonyl (C=O) groups excluding carboxylic acids is 2. The summed E-state index contributed by atoms with van der Waals surface area (Å²) in [4.78, 5) is 21.3. The van der Waals surface area contributed by atoms with E-state index in [1.165, 1.54) is 6.92 Å². The van der Waals surface area contributed by atoms with Gasteiger partial charge in [-0.2, -0.15) is 0 Å². The largest absolute Gasteiger partial charge is 0.450 e. The van der Waals surface area contributed by atoms with E-state index in [9.17, 15) is 9.59 Å². The quantitative estimate of drug-likeness (QED) is 0.430. The van der Waals surface area contributed by atoms with E-state index in [0.717, 1.165) is 6.29 Å². The molecular weight excluding hydrogens is 204 g/mol. The van der Waals surface area contributed by atoms with Crippen LogP contribution in [0.3, 0.4) is 0 Å². The van der Waals surface area contributed by atoms with Crippen molar-refractivity contribution in [1.29, 1.82) is 0 Å². The minimum atomic E-state index is -0.475. The van der Waals surface area contributed by atoms with E-state index in [0.29, 0.717) is 11.1 Å². The lowest BCUT2D eigenvalue weighted by Crippen LogP contribution is -2.09. The van der Waals surface area contributed by atoms with Crippen LogP contribution in [0.1, 0.15) is 29.8 Å². The molecule has 0 bridgehead atoms. The zero-order chi connectivity index (χ0) is 12.0. The predicted octanol–water partition coefficient (Wildman–Crippen LogP) is 1.80. The first-order valence-corrected chi connectivity index (χ1v) is 4.86. The van der Waals surface area contributed by atoms with Crippen LogP contribution >= 0.6 is 0 Å². The van der Waals surface area contributed by atoms with E-state index in [1.807, 2.05) is 0 Å². The summed E-state index contributed by atoms with van der Waals surface area (Å²) >= 11 is 0. The summed E-state index contributed by atoms with van der Waals surface area (Å²) in [6.07, 6.45) is 0.276. The summed E-state index contributed by atoms with van der Waals surface area (Å²) in [6.45, 7) is 3.01. The lowest BCUT2D eigenvalue weighted by molar-refractivity contribution is -0.143. The molecule has 16 heavy (non-hydrogen) atoms. The number of benzene rings is 1. The maximum absolute atomic E-state index is 10.7. The van der Waals surface area contributed by atoms with Crippen molar-refractivity contribution >= 4 is 12.3 Å². The number of hydrogen-bond acceptors (Lipinski definition) is 3. The number of esters is 1. The van der Waals surface area contributed by atoms with Crippen LogP contribution in [-0.2, 0) is 9.53 Å². The Hall–Kier alpha value is -2.08. The molecular formula is C13H12O3. The van der Waals surface area contributed by atoms with Crippen molar-refractivity contribution in [3.8, 4) is 11.8 Å². The second-order valence-electron chi connectivity index (χ2n) is 3.23. The number of hydrogen-bond donors (Lipinski definition) is 0. The normalized spacial score (nSPS) is 10.9. The molecule has 0 aliphatic carbocycles. The standard InChI is InChI=1S/C13H12O3/c1-10(16-11(2)15)7-8-12-5-3-4-6-13(12)9-14/h3-6,9-10H,1-2H3/t10-/m0/s1. The number of rotatable bonds is 2. The van der Waals surface area contributed by atoms with Gasteiger partial charge in [0.2, 0.25) is 0 Å². The maximum Gasteiger partial charge on any atom is 0.303 e. The molecule has 1 aromatic carbocycles. The summed E-state index contributed by atoms with van der Waals surface area (Å²) in [7, 11) is 0. The Balaban J connectivity index is 2.83. The van der Waals surface area contributed by atoms with E-state index < -0.39 is 6.10 Å². The van der Waals surface area contributed by atoms with Crippen molar-refractivity contribution in [3.05, 3.63) is 35.4 Å². The van der Waals surface area contributed by atoms with Crippen molar-refractivity contribution in [3.63, 3.8) is 0 Å². The fraction of sp³-hybridized carbons (Fsp3) is 0.231. The van der Waals surface area contributed by atoms with Gasteiger partial charge in [-0.15, -0.1) is 0 Å². The highest BCUT2D eigenvalue weighted by Crippen LogP contribution is 2.04. The summed E-state index contributed by atoms with van der Waals surface area (Å²) in [5, 5.41) is 0. The molecule has 3 heteroatoms. The first kappa shape index (κ1) is 12.0. The summed E-state index contributed by atoms with van der Waals surface area (Å²) in [6, 6.07) is 7.00. The molecule has 1 aromatic rings. The van der Waals surface area contributed by atoms with Gasteiger partial charge in [0, 0.05) is 18.1 Å². The first-order chi connectivity index (χ1) is 7.63. The van der Waals surface area contributed by atoms with E-state index in [4.69, 9.17) is 4.74 Å². The van der Waals surface area contributed by atoms with Gasteiger partial charge in [-0.3, -0.25) is 9.59 Å². The van der Waals surface area contributed by atoms with Gasteiger partial charge >= 0.3 is 5.97 Å². The van der Waals surface area contributed by atoms with Crippen LogP contribution in [0.15, 0.2) is 24.3 Å². The van der Waals surface area contributed by atoms with Gasteiger partial charge in [0.25, 0.3) is 0 Å². The van der Waals surface area contributed by atoms with Crippen molar-refractivity contribution < 1.29 is 14.3 Å². The van der Waals surface area contributed by atoms with Crippen LogP contribution in [0.25, 0.3) is 0 Å². The summed E-state index contributed by atoms with van der Waals surface area (Å²) in [5.41, 5.74) is 1.17. The van der Waals surface area contributed by atoms with Gasteiger partial charge in [0.15, 0.2) is 12.4 Å². The third-order valence-electron chi connectivity index (χ3n) is 1.84. The second kappa shape index (κ2) is 5.72. The zero-order valence-corrected chi connectivity index (χ0v) is 9.19. The highest BCUT2D eigenvalue weighted by molar-refractivity contribution is 5.79.